The Kier molecular flexibility index (Phi) is 4.31. The Labute approximate surface area is 152 Å². The van der Waals surface area contributed by atoms with Gasteiger partial charge in [0.15, 0.2) is 0 Å². The number of hydrogen-bond donors (Lipinski definition) is 0. The number of sulfone groups is 1. The molecule has 4 rings (SSSR count). The van der Waals surface area contributed by atoms with Crippen LogP contribution in [0.1, 0.15) is 11.1 Å². The van der Waals surface area contributed by atoms with Gasteiger partial charge in [-0.25, -0.2) is 13.4 Å². The van der Waals surface area contributed by atoms with Crippen molar-refractivity contribution in [1.82, 2.24) is 9.55 Å². The van der Waals surface area contributed by atoms with Crippen LogP contribution in [0.4, 0.5) is 0 Å². The van der Waals surface area contributed by atoms with Gasteiger partial charge in [0.25, 0.3) is 0 Å². The van der Waals surface area contributed by atoms with Crippen LogP contribution in [0.25, 0.3) is 10.8 Å². The Balaban J connectivity index is 1.63. The van der Waals surface area contributed by atoms with E-state index in [1.54, 1.807) is 10.8 Å². The van der Waals surface area contributed by atoms with Crippen molar-refractivity contribution >= 4 is 20.6 Å². The summed E-state index contributed by atoms with van der Waals surface area (Å²) in [5, 5.41) is 2.24. The van der Waals surface area contributed by atoms with E-state index in [4.69, 9.17) is 0 Å². The average Bonchev–Trinajstić information content (AvgIpc) is 3.11. The molecule has 3 aromatic carbocycles. The summed E-state index contributed by atoms with van der Waals surface area (Å²) in [6.07, 6.45) is 3.25. The van der Waals surface area contributed by atoms with Crippen LogP contribution in [0.2, 0.25) is 0 Å². The second-order valence-electron chi connectivity index (χ2n) is 6.26. The maximum atomic E-state index is 12.9. The molecular formula is C21H18N2O2S. The largest absolute Gasteiger partial charge is 0.318 e. The van der Waals surface area contributed by atoms with E-state index in [-0.39, 0.29) is 10.9 Å². The van der Waals surface area contributed by atoms with Crippen LogP contribution in [0, 0.1) is 0 Å². The fourth-order valence-corrected chi connectivity index (χ4v) is 4.54. The molecule has 130 valence electrons. The minimum atomic E-state index is -3.54. The van der Waals surface area contributed by atoms with Gasteiger partial charge >= 0.3 is 0 Å². The van der Waals surface area contributed by atoms with Gasteiger partial charge < -0.3 is 4.57 Å². The van der Waals surface area contributed by atoms with Crippen molar-refractivity contribution in [3.05, 3.63) is 96.3 Å². The van der Waals surface area contributed by atoms with Crippen LogP contribution < -0.4 is 0 Å². The zero-order chi connectivity index (χ0) is 18.0. The zero-order valence-corrected chi connectivity index (χ0v) is 14.9. The highest BCUT2D eigenvalue weighted by Crippen LogP contribution is 2.20. The molecule has 0 aliphatic carbocycles. The van der Waals surface area contributed by atoms with E-state index in [0.29, 0.717) is 6.54 Å². The molecule has 0 bridgehead atoms. The smallest absolute Gasteiger partial charge is 0.228 e. The van der Waals surface area contributed by atoms with E-state index in [1.807, 2.05) is 72.8 Å². The molecule has 0 aliphatic heterocycles. The highest BCUT2D eigenvalue weighted by molar-refractivity contribution is 7.90. The second-order valence-corrected chi connectivity index (χ2v) is 8.15. The minimum Gasteiger partial charge on any atom is -0.318 e. The minimum absolute atomic E-state index is 0.0658. The number of imidazole rings is 1. The first-order valence-corrected chi connectivity index (χ1v) is 10.0. The third-order valence-corrected chi connectivity index (χ3v) is 5.93. The Morgan fingerprint density at radius 1 is 0.808 bits per heavy atom. The Hall–Kier alpha value is -2.92. The topological polar surface area (TPSA) is 52.0 Å². The third kappa shape index (κ3) is 3.39. The van der Waals surface area contributed by atoms with Gasteiger partial charge in [0.1, 0.15) is 0 Å². The van der Waals surface area contributed by atoms with E-state index in [0.717, 1.165) is 21.9 Å². The molecule has 0 saturated carbocycles. The maximum Gasteiger partial charge on any atom is 0.228 e. The molecule has 4 nitrogen and oxygen atoms in total. The van der Waals surface area contributed by atoms with Gasteiger partial charge in [-0.3, -0.25) is 0 Å². The number of nitrogens with zero attached hydrogens (tertiary/aromatic N) is 2. The Morgan fingerprint density at radius 2 is 1.54 bits per heavy atom. The molecule has 0 aliphatic rings. The first-order chi connectivity index (χ1) is 12.6. The van der Waals surface area contributed by atoms with Gasteiger partial charge in [0.2, 0.25) is 15.0 Å². The summed E-state index contributed by atoms with van der Waals surface area (Å²) in [5.41, 5.74) is 1.80. The van der Waals surface area contributed by atoms with Gasteiger partial charge in [-0.05, 0) is 21.9 Å². The standard InChI is InChI=1S/C21H18N2O2S/c24-26(25,16-18-10-11-19-8-4-5-9-20(19)14-18)21-22-12-13-23(21)15-17-6-2-1-3-7-17/h1-14H,15-16H2. The highest BCUT2D eigenvalue weighted by atomic mass is 32.2. The summed E-state index contributed by atoms with van der Waals surface area (Å²) >= 11 is 0. The molecular weight excluding hydrogens is 344 g/mol. The number of aromatic nitrogens is 2. The van der Waals surface area contributed by atoms with Crippen molar-refractivity contribution in [1.29, 1.82) is 0 Å². The normalized spacial score (nSPS) is 11.7. The van der Waals surface area contributed by atoms with Gasteiger partial charge in [0, 0.05) is 18.9 Å². The van der Waals surface area contributed by atoms with E-state index >= 15 is 0 Å². The molecule has 0 fully saturated rings. The van der Waals surface area contributed by atoms with Crippen LogP contribution in [-0.4, -0.2) is 18.0 Å². The lowest BCUT2D eigenvalue weighted by Gasteiger charge is -2.09. The summed E-state index contributed by atoms with van der Waals surface area (Å²) in [5.74, 6) is -0.0658. The van der Waals surface area contributed by atoms with Crippen LogP contribution in [-0.2, 0) is 22.1 Å². The number of fused-ring (bicyclic) bond motifs is 1. The van der Waals surface area contributed by atoms with Gasteiger partial charge in [-0.2, -0.15) is 0 Å². The molecule has 0 spiro atoms. The second kappa shape index (κ2) is 6.77. The van der Waals surface area contributed by atoms with Crippen LogP contribution in [0.15, 0.2) is 90.3 Å². The number of benzene rings is 3. The highest BCUT2D eigenvalue weighted by Gasteiger charge is 2.21. The SMILES string of the molecule is O=S(=O)(Cc1ccc2ccccc2c1)c1nccn1Cc1ccccc1. The summed E-state index contributed by atoms with van der Waals surface area (Å²) < 4.78 is 27.5. The average molecular weight is 362 g/mol. The fraction of sp³-hybridized carbons (Fsp3) is 0.0952. The van der Waals surface area contributed by atoms with Crippen molar-refractivity contribution in [2.24, 2.45) is 0 Å². The fourth-order valence-electron chi connectivity index (χ4n) is 3.09. The predicted molar refractivity (Wildman–Crippen MR) is 103 cm³/mol. The van der Waals surface area contributed by atoms with E-state index in [9.17, 15) is 8.42 Å². The van der Waals surface area contributed by atoms with Gasteiger partial charge in [-0.15, -0.1) is 0 Å². The molecule has 26 heavy (non-hydrogen) atoms. The quantitative estimate of drug-likeness (QED) is 0.538. The lowest BCUT2D eigenvalue weighted by Crippen LogP contribution is -2.13. The predicted octanol–water partition coefficient (Wildman–Crippen LogP) is 4.06. The number of rotatable bonds is 5. The van der Waals surface area contributed by atoms with Crippen molar-refractivity contribution in [3.63, 3.8) is 0 Å². The summed E-state index contributed by atoms with van der Waals surface area (Å²) in [7, 11) is -3.54. The molecule has 4 aromatic rings. The molecule has 1 heterocycles. The van der Waals surface area contributed by atoms with E-state index < -0.39 is 9.84 Å². The number of hydrogen-bond acceptors (Lipinski definition) is 3. The first-order valence-electron chi connectivity index (χ1n) is 8.37. The monoisotopic (exact) mass is 362 g/mol. The van der Waals surface area contributed by atoms with E-state index in [2.05, 4.69) is 4.98 Å². The van der Waals surface area contributed by atoms with Crippen molar-refractivity contribution in [3.8, 4) is 0 Å². The molecule has 0 saturated heterocycles. The first kappa shape index (κ1) is 16.5. The van der Waals surface area contributed by atoms with Crippen LogP contribution in [0.5, 0.6) is 0 Å². The molecule has 5 heteroatoms. The van der Waals surface area contributed by atoms with E-state index in [1.165, 1.54) is 6.20 Å². The lowest BCUT2D eigenvalue weighted by atomic mass is 10.1. The zero-order valence-electron chi connectivity index (χ0n) is 14.1. The Bertz CT molecular complexity index is 1150. The lowest BCUT2D eigenvalue weighted by molar-refractivity contribution is 0.572. The summed E-state index contributed by atoms with van der Waals surface area (Å²) in [6.45, 7) is 0.479. The molecule has 1 aromatic heterocycles. The maximum absolute atomic E-state index is 12.9. The van der Waals surface area contributed by atoms with Gasteiger partial charge in [-0.1, -0.05) is 72.8 Å². The molecule has 0 atom stereocenters. The van der Waals surface area contributed by atoms with Crippen LogP contribution in [0.3, 0.4) is 0 Å². The van der Waals surface area contributed by atoms with Crippen molar-refractivity contribution < 1.29 is 8.42 Å². The summed E-state index contributed by atoms with van der Waals surface area (Å²) in [6, 6.07) is 23.4. The Morgan fingerprint density at radius 3 is 2.35 bits per heavy atom. The van der Waals surface area contributed by atoms with Crippen LogP contribution >= 0.6 is 0 Å². The van der Waals surface area contributed by atoms with Crippen molar-refractivity contribution in [2.45, 2.75) is 17.5 Å². The van der Waals surface area contributed by atoms with Gasteiger partial charge in [0.05, 0.1) is 5.75 Å². The third-order valence-electron chi connectivity index (χ3n) is 4.32. The molecule has 0 radical (unpaired) electrons. The molecule has 0 amide bonds. The molecule has 0 N–H and O–H groups in total. The summed E-state index contributed by atoms with van der Waals surface area (Å²) in [4.78, 5) is 4.12. The van der Waals surface area contributed by atoms with Crippen molar-refractivity contribution in [2.75, 3.05) is 0 Å². The molecule has 0 unspecified atom stereocenters.